The lowest BCUT2D eigenvalue weighted by molar-refractivity contribution is 0.0208. The standard InChI is InChI=1S/C37H44N6O5/c1-36(2,3)47-34(45)42-17-7-9-30(42)32-38-20-28(40-32)24-13-11-23(12-14-24)27-16-15-25(19-26(27)22-44)29-21-39-33(41-29)31-10-8-18-43(31)35(46)48-37(4,5)6/h11-16,19-22,30-31H,7-10,17-18H2,1-6H3,(H,38,40)(H,39,41)/t30-,31-/m0/s1. The second-order valence-corrected chi connectivity index (χ2v) is 14.5. The van der Waals surface area contributed by atoms with Crippen LogP contribution in [0.3, 0.4) is 0 Å². The van der Waals surface area contributed by atoms with Gasteiger partial charge in [0.15, 0.2) is 6.29 Å². The van der Waals surface area contributed by atoms with Gasteiger partial charge in [0, 0.05) is 24.2 Å². The first-order chi connectivity index (χ1) is 22.8. The minimum atomic E-state index is -0.573. The molecular weight excluding hydrogens is 608 g/mol. The second-order valence-electron chi connectivity index (χ2n) is 14.5. The van der Waals surface area contributed by atoms with Gasteiger partial charge in [-0.1, -0.05) is 36.4 Å². The molecule has 2 aromatic heterocycles. The number of H-pyrrole nitrogens is 2. The van der Waals surface area contributed by atoms with E-state index in [0.717, 1.165) is 71.4 Å². The number of likely N-dealkylation sites (tertiary alicyclic amines) is 2. The Morgan fingerprint density at radius 2 is 1.19 bits per heavy atom. The van der Waals surface area contributed by atoms with Crippen LogP contribution in [0.2, 0.25) is 0 Å². The fraction of sp³-hybridized carbons (Fsp3) is 0.432. The van der Waals surface area contributed by atoms with Gasteiger partial charge in [0.2, 0.25) is 0 Å². The summed E-state index contributed by atoms with van der Waals surface area (Å²) >= 11 is 0. The Bertz CT molecular complexity index is 1800. The molecule has 2 fully saturated rings. The summed E-state index contributed by atoms with van der Waals surface area (Å²) in [6, 6.07) is 13.4. The van der Waals surface area contributed by atoms with Crippen molar-refractivity contribution < 1.29 is 23.9 Å². The topological polar surface area (TPSA) is 134 Å². The molecule has 6 rings (SSSR count). The first kappa shape index (κ1) is 33.0. The van der Waals surface area contributed by atoms with Crippen LogP contribution in [-0.2, 0) is 9.47 Å². The van der Waals surface area contributed by atoms with Crippen molar-refractivity contribution in [2.45, 2.75) is 90.5 Å². The lowest BCUT2D eigenvalue weighted by Crippen LogP contribution is -2.36. The van der Waals surface area contributed by atoms with E-state index in [9.17, 15) is 14.4 Å². The zero-order valence-electron chi connectivity index (χ0n) is 28.5. The van der Waals surface area contributed by atoms with Crippen LogP contribution in [0.25, 0.3) is 33.6 Å². The number of aromatic amines is 2. The number of carbonyl (C=O) groups is 3. The highest BCUT2D eigenvalue weighted by Crippen LogP contribution is 2.35. The molecule has 4 heterocycles. The first-order valence-electron chi connectivity index (χ1n) is 16.6. The molecule has 2 aliphatic rings. The van der Waals surface area contributed by atoms with E-state index in [4.69, 9.17) is 9.47 Å². The summed E-state index contributed by atoms with van der Waals surface area (Å²) in [6.45, 7) is 12.4. The van der Waals surface area contributed by atoms with Crippen LogP contribution in [0.5, 0.6) is 0 Å². The minimum Gasteiger partial charge on any atom is -0.444 e. The molecule has 4 aromatic rings. The van der Waals surface area contributed by atoms with Crippen molar-refractivity contribution in [3.05, 3.63) is 72.1 Å². The van der Waals surface area contributed by atoms with Crippen molar-refractivity contribution in [1.82, 2.24) is 29.7 Å². The summed E-state index contributed by atoms with van der Waals surface area (Å²) in [6.07, 6.45) is 7.12. The molecule has 0 radical (unpaired) electrons. The molecule has 0 aliphatic carbocycles. The highest BCUT2D eigenvalue weighted by Gasteiger charge is 2.36. The van der Waals surface area contributed by atoms with E-state index in [1.54, 1.807) is 22.2 Å². The van der Waals surface area contributed by atoms with Gasteiger partial charge >= 0.3 is 12.2 Å². The number of imidazole rings is 2. The zero-order valence-corrected chi connectivity index (χ0v) is 28.5. The summed E-state index contributed by atoms with van der Waals surface area (Å²) in [4.78, 5) is 57.4. The molecule has 252 valence electrons. The highest BCUT2D eigenvalue weighted by molar-refractivity contribution is 5.90. The average Bonchev–Trinajstić information content (AvgIpc) is 3.85. The molecule has 2 amide bonds. The van der Waals surface area contributed by atoms with E-state index in [0.29, 0.717) is 24.5 Å². The van der Waals surface area contributed by atoms with Gasteiger partial charge in [-0.25, -0.2) is 19.6 Å². The zero-order chi connectivity index (χ0) is 34.2. The van der Waals surface area contributed by atoms with E-state index >= 15 is 0 Å². The second kappa shape index (κ2) is 12.9. The molecule has 2 saturated heterocycles. The van der Waals surface area contributed by atoms with Crippen molar-refractivity contribution in [2.75, 3.05) is 13.1 Å². The van der Waals surface area contributed by atoms with Gasteiger partial charge in [0.05, 0.1) is 35.9 Å². The fourth-order valence-electron chi connectivity index (χ4n) is 6.41. The molecule has 11 nitrogen and oxygen atoms in total. The molecule has 0 spiro atoms. The summed E-state index contributed by atoms with van der Waals surface area (Å²) in [5, 5.41) is 0. The molecule has 0 saturated carbocycles. The largest absolute Gasteiger partial charge is 0.444 e. The first-order valence-corrected chi connectivity index (χ1v) is 16.6. The predicted molar refractivity (Wildman–Crippen MR) is 182 cm³/mol. The van der Waals surface area contributed by atoms with Gasteiger partial charge in [-0.15, -0.1) is 0 Å². The molecule has 2 aliphatic heterocycles. The van der Waals surface area contributed by atoms with Crippen LogP contribution < -0.4 is 0 Å². The average molecular weight is 653 g/mol. The Labute approximate surface area is 281 Å². The quantitative estimate of drug-likeness (QED) is 0.201. The van der Waals surface area contributed by atoms with Crippen molar-refractivity contribution in [3.8, 4) is 33.6 Å². The van der Waals surface area contributed by atoms with E-state index in [1.807, 2.05) is 84.0 Å². The van der Waals surface area contributed by atoms with Crippen molar-refractivity contribution in [3.63, 3.8) is 0 Å². The number of hydrogen-bond acceptors (Lipinski definition) is 7. The third-order valence-corrected chi connectivity index (χ3v) is 8.58. The SMILES string of the molecule is CC(C)(C)OC(=O)N1CCC[C@H]1c1ncc(-c2ccc(-c3ccc(-c4cnc([C@@H]5CCCN5C(=O)OC(C)(C)C)[nH]4)cc3C=O)cc2)[nH]1. The Morgan fingerprint density at radius 1 is 0.729 bits per heavy atom. The van der Waals surface area contributed by atoms with Crippen LogP contribution in [0.15, 0.2) is 54.9 Å². The molecule has 48 heavy (non-hydrogen) atoms. The molecule has 2 aromatic carbocycles. The maximum Gasteiger partial charge on any atom is 0.410 e. The van der Waals surface area contributed by atoms with E-state index in [-0.39, 0.29) is 24.3 Å². The summed E-state index contributed by atoms with van der Waals surface area (Å²) in [7, 11) is 0. The number of rotatable bonds is 6. The van der Waals surface area contributed by atoms with Gasteiger partial charge < -0.3 is 19.4 Å². The van der Waals surface area contributed by atoms with Crippen LogP contribution >= 0.6 is 0 Å². The Hall–Kier alpha value is -4.93. The van der Waals surface area contributed by atoms with Gasteiger partial charge in [0.25, 0.3) is 0 Å². The van der Waals surface area contributed by atoms with Gasteiger partial charge in [-0.2, -0.15) is 0 Å². The van der Waals surface area contributed by atoms with Crippen molar-refractivity contribution in [1.29, 1.82) is 0 Å². The van der Waals surface area contributed by atoms with Crippen LogP contribution in [-0.4, -0.2) is 72.5 Å². The molecule has 11 heteroatoms. The van der Waals surface area contributed by atoms with Crippen LogP contribution in [0.4, 0.5) is 9.59 Å². The third-order valence-electron chi connectivity index (χ3n) is 8.58. The van der Waals surface area contributed by atoms with E-state index in [1.165, 1.54) is 0 Å². The fourth-order valence-corrected chi connectivity index (χ4v) is 6.41. The maximum atomic E-state index is 12.8. The number of nitrogens with zero attached hydrogens (tertiary/aromatic N) is 4. The Balaban J connectivity index is 1.16. The summed E-state index contributed by atoms with van der Waals surface area (Å²) in [5.74, 6) is 1.44. The van der Waals surface area contributed by atoms with Gasteiger partial charge in [-0.05, 0) is 90.0 Å². The Morgan fingerprint density at radius 3 is 1.67 bits per heavy atom. The number of aldehydes is 1. The number of benzene rings is 2. The minimum absolute atomic E-state index is 0.158. The number of amides is 2. The number of carbonyl (C=O) groups excluding carboxylic acids is 3. The predicted octanol–water partition coefficient (Wildman–Crippen LogP) is 8.09. The highest BCUT2D eigenvalue weighted by atomic mass is 16.6. The number of hydrogen-bond donors (Lipinski definition) is 2. The van der Waals surface area contributed by atoms with Gasteiger partial charge in [-0.3, -0.25) is 14.6 Å². The monoisotopic (exact) mass is 652 g/mol. The van der Waals surface area contributed by atoms with E-state index < -0.39 is 11.2 Å². The van der Waals surface area contributed by atoms with Crippen molar-refractivity contribution in [2.24, 2.45) is 0 Å². The maximum absolute atomic E-state index is 12.8. The van der Waals surface area contributed by atoms with Crippen LogP contribution in [0, 0.1) is 0 Å². The summed E-state index contributed by atoms with van der Waals surface area (Å²) in [5.41, 5.74) is 4.54. The molecule has 2 atom stereocenters. The molecular formula is C37H44N6O5. The normalized spacial score (nSPS) is 18.3. The Kier molecular flexibility index (Phi) is 8.89. The smallest absolute Gasteiger partial charge is 0.410 e. The molecule has 0 bridgehead atoms. The molecule has 0 unspecified atom stereocenters. The van der Waals surface area contributed by atoms with Crippen LogP contribution in [0.1, 0.15) is 101 Å². The third kappa shape index (κ3) is 7.14. The number of ether oxygens (including phenoxy) is 2. The number of nitrogens with one attached hydrogen (secondary N) is 2. The number of aromatic nitrogens is 4. The van der Waals surface area contributed by atoms with Crippen molar-refractivity contribution >= 4 is 18.5 Å². The summed E-state index contributed by atoms with van der Waals surface area (Å²) < 4.78 is 11.2. The molecule has 2 N–H and O–H groups in total. The van der Waals surface area contributed by atoms with E-state index in [2.05, 4.69) is 19.9 Å². The lowest BCUT2D eigenvalue weighted by Gasteiger charge is -2.27. The van der Waals surface area contributed by atoms with Gasteiger partial charge in [0.1, 0.15) is 22.9 Å². The lowest BCUT2D eigenvalue weighted by atomic mass is 9.96.